The molecule has 0 unspecified atom stereocenters. The zero-order valence-electron chi connectivity index (χ0n) is 33.5. The van der Waals surface area contributed by atoms with Crippen molar-refractivity contribution in [2.45, 2.75) is 0 Å². The van der Waals surface area contributed by atoms with Crippen molar-refractivity contribution in [3.8, 4) is 22.8 Å². The first-order valence-electron chi connectivity index (χ1n) is 20.8. The van der Waals surface area contributed by atoms with Gasteiger partial charge in [0.15, 0.2) is 8.07 Å². The zero-order chi connectivity index (χ0) is 40.5. The zero-order valence-corrected chi connectivity index (χ0v) is 34.5. The normalized spacial score (nSPS) is 12.0. The van der Waals surface area contributed by atoms with Crippen LogP contribution in [-0.2, 0) is 7.05 Å². The van der Waals surface area contributed by atoms with Crippen molar-refractivity contribution in [3.63, 3.8) is 0 Å². The number of rotatable bonds is 7. The SMILES string of the molecule is Cn1c(-c2cccc([Si](c3ccccc3)(c3ccccc3)c3cccc(-n4c5cc6c(cc5c5cccnc54)c4ccccc4n6-c4ccccc4)c3)c2)nc2ccccc21. The van der Waals surface area contributed by atoms with E-state index in [4.69, 9.17) is 9.97 Å². The first kappa shape index (κ1) is 35.2. The molecule has 12 aromatic rings. The molecule has 288 valence electrons. The maximum absolute atomic E-state index is 5.16. The topological polar surface area (TPSA) is 40.6 Å². The highest BCUT2D eigenvalue weighted by Crippen LogP contribution is 2.39. The molecule has 0 saturated heterocycles. The molecule has 0 saturated carbocycles. The first-order valence-corrected chi connectivity index (χ1v) is 22.8. The molecule has 0 aliphatic carbocycles. The van der Waals surface area contributed by atoms with Gasteiger partial charge in [0.25, 0.3) is 0 Å². The van der Waals surface area contributed by atoms with Crippen LogP contribution in [0.5, 0.6) is 0 Å². The summed E-state index contributed by atoms with van der Waals surface area (Å²) in [6, 6.07) is 77.6. The summed E-state index contributed by atoms with van der Waals surface area (Å²) < 4.78 is 6.99. The van der Waals surface area contributed by atoms with Crippen molar-refractivity contribution in [2.24, 2.45) is 7.05 Å². The molecular formula is C55H39N5Si. The molecule has 0 aliphatic heterocycles. The van der Waals surface area contributed by atoms with Crippen LogP contribution in [0.4, 0.5) is 0 Å². The molecule has 4 heterocycles. The highest BCUT2D eigenvalue weighted by molar-refractivity contribution is 7.20. The molecule has 8 aromatic carbocycles. The van der Waals surface area contributed by atoms with Crippen molar-refractivity contribution < 1.29 is 0 Å². The van der Waals surface area contributed by atoms with Gasteiger partial charge in [0.05, 0.1) is 27.6 Å². The number of pyridine rings is 1. The second-order valence-electron chi connectivity index (χ2n) is 15.9. The average Bonchev–Trinajstić information content (AvgIpc) is 3.96. The van der Waals surface area contributed by atoms with Crippen LogP contribution in [0.3, 0.4) is 0 Å². The molecule has 0 radical (unpaired) electrons. The van der Waals surface area contributed by atoms with E-state index in [1.165, 1.54) is 42.4 Å². The number of benzene rings is 8. The lowest BCUT2D eigenvalue weighted by atomic mass is 10.1. The molecule has 0 amide bonds. The van der Waals surface area contributed by atoms with Gasteiger partial charge < -0.3 is 9.13 Å². The minimum Gasteiger partial charge on any atom is -0.327 e. The van der Waals surface area contributed by atoms with E-state index in [1.54, 1.807) is 0 Å². The van der Waals surface area contributed by atoms with Crippen molar-refractivity contribution in [1.29, 1.82) is 0 Å². The number of hydrogen-bond donors (Lipinski definition) is 0. The maximum Gasteiger partial charge on any atom is 0.179 e. The summed E-state index contributed by atoms with van der Waals surface area (Å²) in [6.07, 6.45) is 1.92. The van der Waals surface area contributed by atoms with E-state index in [-0.39, 0.29) is 0 Å². The molecule has 0 N–H and O–H groups in total. The van der Waals surface area contributed by atoms with Crippen LogP contribution < -0.4 is 20.7 Å². The number of hydrogen-bond acceptors (Lipinski definition) is 2. The predicted octanol–water partition coefficient (Wildman–Crippen LogP) is 10.2. The van der Waals surface area contributed by atoms with Crippen LogP contribution >= 0.6 is 0 Å². The highest BCUT2D eigenvalue weighted by Gasteiger charge is 2.42. The summed E-state index contributed by atoms with van der Waals surface area (Å²) in [7, 11) is -0.876. The molecule has 6 heteroatoms. The molecule has 0 fully saturated rings. The smallest absolute Gasteiger partial charge is 0.179 e. The third kappa shape index (κ3) is 5.32. The molecule has 5 nitrogen and oxygen atoms in total. The monoisotopic (exact) mass is 797 g/mol. The number of fused-ring (bicyclic) bond motifs is 7. The lowest BCUT2D eigenvalue weighted by molar-refractivity contribution is 0.959. The number of imidazole rings is 1. The van der Waals surface area contributed by atoms with Crippen LogP contribution in [0.25, 0.3) is 77.5 Å². The number of aryl methyl sites for hydroxylation is 1. The third-order valence-corrected chi connectivity index (χ3v) is 17.4. The van der Waals surface area contributed by atoms with Crippen LogP contribution in [-0.4, -0.2) is 31.7 Å². The Morgan fingerprint density at radius 3 is 1.72 bits per heavy atom. The number of aromatic nitrogens is 5. The van der Waals surface area contributed by atoms with Gasteiger partial charge >= 0.3 is 0 Å². The van der Waals surface area contributed by atoms with Crippen molar-refractivity contribution >= 4 is 83.6 Å². The van der Waals surface area contributed by atoms with Crippen LogP contribution in [0.1, 0.15) is 0 Å². The summed E-state index contributed by atoms with van der Waals surface area (Å²) in [5, 5.41) is 9.98. The molecule has 0 bridgehead atoms. The fraction of sp³-hybridized carbons (Fsp3) is 0.0182. The van der Waals surface area contributed by atoms with Gasteiger partial charge in [-0.1, -0.05) is 146 Å². The minimum absolute atomic E-state index is 0.938. The Labute approximate surface area is 354 Å². The Bertz CT molecular complexity index is 3560. The van der Waals surface area contributed by atoms with E-state index in [0.717, 1.165) is 55.9 Å². The summed E-state index contributed by atoms with van der Waals surface area (Å²) >= 11 is 0. The molecule has 0 aliphatic rings. The van der Waals surface area contributed by atoms with E-state index >= 15 is 0 Å². The largest absolute Gasteiger partial charge is 0.327 e. The van der Waals surface area contributed by atoms with Gasteiger partial charge in [-0.15, -0.1) is 0 Å². The highest BCUT2D eigenvalue weighted by atomic mass is 28.3. The van der Waals surface area contributed by atoms with Crippen molar-refractivity contribution in [2.75, 3.05) is 0 Å². The average molecular weight is 798 g/mol. The Morgan fingerprint density at radius 1 is 0.393 bits per heavy atom. The standard InChI is InChI=1S/C55H39N5Si/c1-58-51-32-14-12-30-49(51)57-54(58)38-18-15-26-43(34-38)61(41-22-7-3-8-23-41,42-24-9-4-10-25-42)44-27-16-21-40(35-44)60-53-37-52-47(36-48(53)46-29-17-33-56-55(46)60)45-28-11-13-31-50(45)59(52)39-19-5-2-6-20-39/h2-37H,1H3. The summed E-state index contributed by atoms with van der Waals surface area (Å²) in [5.74, 6) is 0.955. The molecule has 0 spiro atoms. The molecule has 0 atom stereocenters. The quantitative estimate of drug-likeness (QED) is 0.119. The second kappa shape index (κ2) is 13.9. The minimum atomic E-state index is -2.99. The fourth-order valence-corrected chi connectivity index (χ4v) is 14.8. The van der Waals surface area contributed by atoms with Gasteiger partial charge in [-0.3, -0.25) is 4.57 Å². The molecular weight excluding hydrogens is 759 g/mol. The van der Waals surface area contributed by atoms with E-state index < -0.39 is 8.07 Å². The summed E-state index contributed by atoms with van der Waals surface area (Å²) in [6.45, 7) is 0. The lowest BCUT2D eigenvalue weighted by Gasteiger charge is -2.35. The van der Waals surface area contributed by atoms with E-state index in [1.807, 2.05) is 6.20 Å². The summed E-state index contributed by atoms with van der Waals surface area (Å²) in [4.78, 5) is 10.3. The van der Waals surface area contributed by atoms with Crippen LogP contribution in [0.15, 0.2) is 219 Å². The number of nitrogens with zero attached hydrogens (tertiary/aromatic N) is 5. The lowest BCUT2D eigenvalue weighted by Crippen LogP contribution is -2.74. The first-order chi connectivity index (χ1) is 30.2. The van der Waals surface area contributed by atoms with Gasteiger partial charge in [-0.05, 0) is 87.5 Å². The Balaban J connectivity index is 1.14. The van der Waals surface area contributed by atoms with Crippen molar-refractivity contribution in [1.82, 2.24) is 23.7 Å². The third-order valence-electron chi connectivity index (χ3n) is 12.6. The Morgan fingerprint density at radius 2 is 0.967 bits per heavy atom. The molecule has 12 rings (SSSR count). The molecule has 61 heavy (non-hydrogen) atoms. The van der Waals surface area contributed by atoms with Crippen LogP contribution in [0.2, 0.25) is 0 Å². The van der Waals surface area contributed by atoms with E-state index in [0.29, 0.717) is 0 Å². The van der Waals surface area contributed by atoms with Gasteiger partial charge in [0.1, 0.15) is 11.5 Å². The fourth-order valence-electron chi connectivity index (χ4n) is 9.97. The van der Waals surface area contributed by atoms with Gasteiger partial charge in [-0.25, -0.2) is 9.97 Å². The molecule has 4 aromatic heterocycles. The predicted molar refractivity (Wildman–Crippen MR) is 256 cm³/mol. The van der Waals surface area contributed by atoms with Gasteiger partial charge in [-0.2, -0.15) is 0 Å². The summed E-state index contributed by atoms with van der Waals surface area (Å²) in [5.41, 5.74) is 9.83. The second-order valence-corrected chi connectivity index (χ2v) is 19.7. The van der Waals surface area contributed by atoms with E-state index in [2.05, 4.69) is 233 Å². The van der Waals surface area contributed by atoms with E-state index in [9.17, 15) is 0 Å². The van der Waals surface area contributed by atoms with Crippen molar-refractivity contribution in [3.05, 3.63) is 219 Å². The van der Waals surface area contributed by atoms with Gasteiger partial charge in [0.2, 0.25) is 0 Å². The number of para-hydroxylation sites is 4. The van der Waals surface area contributed by atoms with Gasteiger partial charge in [0, 0.05) is 51.7 Å². The Hall–Kier alpha value is -7.80. The maximum atomic E-state index is 5.16. The Kier molecular flexibility index (Phi) is 8.02. The van der Waals surface area contributed by atoms with Crippen LogP contribution in [0, 0.1) is 0 Å².